The lowest BCUT2D eigenvalue weighted by Gasteiger charge is -2.39. The summed E-state index contributed by atoms with van der Waals surface area (Å²) >= 11 is 0. The van der Waals surface area contributed by atoms with E-state index in [2.05, 4.69) is 157 Å². The summed E-state index contributed by atoms with van der Waals surface area (Å²) in [6, 6.07) is 23.3. The predicted octanol–water partition coefficient (Wildman–Crippen LogP) is 11.1. The van der Waals surface area contributed by atoms with Crippen molar-refractivity contribution in [2.75, 3.05) is 0 Å². The molecule has 0 atom stereocenters. The SMILES string of the molecule is CCC1=C([Si](c2cc(C(C)C)cc(C(C)C)c2)(c2cc(C(C)C)cc(C(C)C)c2)c2cc(C(C)C)cc(C(C)C)c2)CC=C1. The molecule has 0 bridgehead atoms. The van der Waals surface area contributed by atoms with Crippen molar-refractivity contribution in [3.05, 3.63) is 111 Å². The molecule has 0 aliphatic heterocycles. The Morgan fingerprint density at radius 1 is 0.455 bits per heavy atom. The Morgan fingerprint density at radius 2 is 0.727 bits per heavy atom. The van der Waals surface area contributed by atoms with E-state index in [1.165, 1.54) is 33.4 Å². The second kappa shape index (κ2) is 13.8. The van der Waals surface area contributed by atoms with E-state index in [-0.39, 0.29) is 0 Å². The van der Waals surface area contributed by atoms with Crippen molar-refractivity contribution >= 4 is 23.6 Å². The third kappa shape index (κ3) is 6.64. The average Bonchev–Trinajstić information content (AvgIpc) is 3.46. The van der Waals surface area contributed by atoms with Crippen LogP contribution in [0.15, 0.2) is 77.5 Å². The number of hydrogen-bond donors (Lipinski definition) is 0. The summed E-state index contributed by atoms with van der Waals surface area (Å²) in [5.74, 6) is 2.84. The smallest absolute Gasteiger partial charge is 0.0805 e. The maximum absolute atomic E-state index is 2.72. The van der Waals surface area contributed by atoms with Crippen LogP contribution < -0.4 is 15.6 Å². The van der Waals surface area contributed by atoms with Gasteiger partial charge in [-0.2, -0.15) is 0 Å². The molecule has 1 aliphatic rings. The zero-order chi connectivity index (χ0) is 32.5. The van der Waals surface area contributed by atoms with Crippen LogP contribution in [0.1, 0.15) is 172 Å². The van der Waals surface area contributed by atoms with Crippen molar-refractivity contribution in [1.82, 2.24) is 0 Å². The predicted molar refractivity (Wildman–Crippen MR) is 200 cm³/mol. The van der Waals surface area contributed by atoms with Crippen LogP contribution in [-0.4, -0.2) is 8.07 Å². The van der Waals surface area contributed by atoms with Crippen LogP contribution in [0.3, 0.4) is 0 Å². The van der Waals surface area contributed by atoms with E-state index >= 15 is 0 Å². The summed E-state index contributed by atoms with van der Waals surface area (Å²) in [7, 11) is -2.72. The fraction of sp³-hybridized carbons (Fsp3) is 0.488. The molecule has 0 fully saturated rings. The van der Waals surface area contributed by atoms with Crippen LogP contribution in [0.25, 0.3) is 0 Å². The van der Waals surface area contributed by atoms with Gasteiger partial charge in [-0.3, -0.25) is 0 Å². The molecular formula is C43H60Si. The van der Waals surface area contributed by atoms with E-state index in [4.69, 9.17) is 0 Å². The summed E-state index contributed by atoms with van der Waals surface area (Å²) in [5, 5.41) is 6.41. The van der Waals surface area contributed by atoms with Gasteiger partial charge in [-0.25, -0.2) is 0 Å². The Hall–Kier alpha value is -2.64. The molecular weight excluding hydrogens is 545 g/mol. The van der Waals surface area contributed by atoms with Crippen molar-refractivity contribution in [3.8, 4) is 0 Å². The molecule has 0 unspecified atom stereocenters. The molecule has 0 spiro atoms. The normalized spacial score (nSPS) is 14.2. The van der Waals surface area contributed by atoms with Gasteiger partial charge in [0.05, 0.1) is 0 Å². The molecule has 0 heterocycles. The van der Waals surface area contributed by atoms with Crippen molar-refractivity contribution in [3.63, 3.8) is 0 Å². The van der Waals surface area contributed by atoms with Gasteiger partial charge in [0.2, 0.25) is 0 Å². The van der Waals surface area contributed by atoms with E-state index in [0.29, 0.717) is 35.5 Å². The van der Waals surface area contributed by atoms with Gasteiger partial charge in [-0.05, 0) is 97.3 Å². The number of hydrogen-bond acceptors (Lipinski definition) is 0. The van der Waals surface area contributed by atoms with Crippen molar-refractivity contribution in [2.24, 2.45) is 0 Å². The number of benzene rings is 3. The van der Waals surface area contributed by atoms with Gasteiger partial charge in [0.25, 0.3) is 0 Å². The van der Waals surface area contributed by atoms with Gasteiger partial charge in [-0.15, -0.1) is 0 Å². The van der Waals surface area contributed by atoms with Crippen LogP contribution in [0.5, 0.6) is 0 Å². The first-order valence-electron chi connectivity index (χ1n) is 17.6. The van der Waals surface area contributed by atoms with E-state index in [9.17, 15) is 0 Å². The zero-order valence-electron chi connectivity index (χ0n) is 30.2. The standard InChI is InChI=1S/C43H60Si/c1-14-33-16-15-17-43(33)44(40-21-34(27(2)3)18-35(22-40)28(4)5,41-23-36(29(6)7)19-37(24-41)30(8)9)42-25-38(31(10)11)20-39(26-42)32(12)13/h15-16,18-32H,14,17H2,1-13H3. The summed E-state index contributed by atoms with van der Waals surface area (Å²) in [4.78, 5) is 0. The first-order chi connectivity index (χ1) is 20.7. The maximum Gasteiger partial charge on any atom is 0.176 e. The Labute approximate surface area is 272 Å². The monoisotopic (exact) mass is 604 g/mol. The third-order valence-corrected chi connectivity index (χ3v) is 15.0. The highest BCUT2D eigenvalue weighted by Crippen LogP contribution is 2.35. The second-order valence-electron chi connectivity index (χ2n) is 15.3. The first-order valence-corrected chi connectivity index (χ1v) is 19.6. The van der Waals surface area contributed by atoms with Crippen LogP contribution in [0, 0.1) is 0 Å². The molecule has 3 aromatic carbocycles. The zero-order valence-corrected chi connectivity index (χ0v) is 31.2. The van der Waals surface area contributed by atoms with Crippen LogP contribution in [0.4, 0.5) is 0 Å². The molecule has 1 aliphatic carbocycles. The Kier molecular flexibility index (Phi) is 10.7. The average molecular weight is 605 g/mol. The lowest BCUT2D eigenvalue weighted by molar-refractivity contribution is 0.834. The summed E-state index contributed by atoms with van der Waals surface area (Å²) in [6.07, 6.45) is 7.03. The van der Waals surface area contributed by atoms with Gasteiger partial charge in [0.15, 0.2) is 8.07 Å². The molecule has 44 heavy (non-hydrogen) atoms. The highest BCUT2D eigenvalue weighted by atomic mass is 28.3. The van der Waals surface area contributed by atoms with E-state index in [0.717, 1.165) is 12.8 Å². The Morgan fingerprint density at radius 3 is 0.955 bits per heavy atom. The minimum atomic E-state index is -2.72. The fourth-order valence-electron chi connectivity index (χ4n) is 6.98. The number of rotatable bonds is 11. The second-order valence-corrected chi connectivity index (χ2v) is 19.1. The molecule has 3 aromatic rings. The van der Waals surface area contributed by atoms with Crippen molar-refractivity contribution in [2.45, 2.75) is 138 Å². The molecule has 0 aromatic heterocycles. The Bertz CT molecular complexity index is 1290. The maximum atomic E-state index is 2.63. The topological polar surface area (TPSA) is 0 Å². The van der Waals surface area contributed by atoms with Crippen LogP contribution in [-0.2, 0) is 0 Å². The van der Waals surface area contributed by atoms with Crippen molar-refractivity contribution < 1.29 is 0 Å². The quantitative estimate of drug-likeness (QED) is 0.151. The summed E-state index contributed by atoms with van der Waals surface area (Å²) in [6.45, 7) is 30.8. The largest absolute Gasteiger partial charge is 0.176 e. The van der Waals surface area contributed by atoms with Crippen molar-refractivity contribution in [1.29, 1.82) is 0 Å². The minimum Gasteiger partial charge on any atom is -0.0805 e. The molecule has 0 N–H and O–H groups in total. The third-order valence-electron chi connectivity index (χ3n) is 10.1. The summed E-state index contributed by atoms with van der Waals surface area (Å²) < 4.78 is 0. The fourth-order valence-corrected chi connectivity index (χ4v) is 12.5. The number of allylic oxidation sites excluding steroid dienone is 4. The summed E-state index contributed by atoms with van der Waals surface area (Å²) in [5.41, 5.74) is 10.4. The van der Waals surface area contributed by atoms with E-state index in [1.54, 1.807) is 26.3 Å². The van der Waals surface area contributed by atoms with Gasteiger partial charge in [0, 0.05) is 0 Å². The van der Waals surface area contributed by atoms with Gasteiger partial charge < -0.3 is 0 Å². The molecule has 0 amide bonds. The van der Waals surface area contributed by atoms with Gasteiger partial charge >= 0.3 is 0 Å². The minimum absolute atomic E-state index is 0.474. The lowest BCUT2D eigenvalue weighted by Crippen LogP contribution is -2.69. The molecule has 1 heteroatoms. The molecule has 0 nitrogen and oxygen atoms in total. The van der Waals surface area contributed by atoms with Gasteiger partial charge in [-0.1, -0.05) is 168 Å². The molecule has 0 saturated carbocycles. The molecule has 0 radical (unpaired) electrons. The highest BCUT2D eigenvalue weighted by molar-refractivity contribution is 7.16. The molecule has 0 saturated heterocycles. The lowest BCUT2D eigenvalue weighted by atomic mass is 9.95. The highest BCUT2D eigenvalue weighted by Gasteiger charge is 2.46. The Balaban J connectivity index is 2.35. The van der Waals surface area contributed by atoms with Crippen LogP contribution >= 0.6 is 0 Å². The molecule has 4 rings (SSSR count). The van der Waals surface area contributed by atoms with Gasteiger partial charge in [0.1, 0.15) is 0 Å². The van der Waals surface area contributed by atoms with Crippen LogP contribution in [0.2, 0.25) is 0 Å². The van der Waals surface area contributed by atoms with E-state index < -0.39 is 8.07 Å². The first kappa shape index (κ1) is 34.2. The molecule has 236 valence electrons. The van der Waals surface area contributed by atoms with E-state index in [1.807, 2.05) is 0 Å².